The van der Waals surface area contributed by atoms with E-state index in [-0.39, 0.29) is 6.03 Å². The molecule has 1 fully saturated rings. The standard InChI is InChI=1S/C15H20Cl2N2O2/c1-2-5-15(21)6-8-19(9-7-15)14(20)18-11-3-4-12(16)13(17)10-11/h3-4,10,21H,2,5-9H2,1H3,(H,18,20). The van der Waals surface area contributed by atoms with Crippen molar-refractivity contribution < 1.29 is 9.90 Å². The molecule has 1 aromatic rings. The Morgan fingerprint density at radius 2 is 2.00 bits per heavy atom. The van der Waals surface area contributed by atoms with E-state index >= 15 is 0 Å². The Morgan fingerprint density at radius 1 is 1.33 bits per heavy atom. The lowest BCUT2D eigenvalue weighted by atomic mass is 9.87. The van der Waals surface area contributed by atoms with E-state index in [0.717, 1.165) is 12.8 Å². The highest BCUT2D eigenvalue weighted by atomic mass is 35.5. The molecule has 0 atom stereocenters. The Morgan fingerprint density at radius 3 is 2.57 bits per heavy atom. The molecular formula is C15H20Cl2N2O2. The summed E-state index contributed by atoms with van der Waals surface area (Å²) in [5.74, 6) is 0. The lowest BCUT2D eigenvalue weighted by Gasteiger charge is -2.38. The Balaban J connectivity index is 1.91. The number of halogens is 2. The maximum Gasteiger partial charge on any atom is 0.321 e. The molecule has 21 heavy (non-hydrogen) atoms. The molecule has 6 heteroatoms. The van der Waals surface area contributed by atoms with Crippen molar-refractivity contribution in [3.63, 3.8) is 0 Å². The van der Waals surface area contributed by atoms with Crippen molar-refractivity contribution in [2.24, 2.45) is 0 Å². The fourth-order valence-corrected chi connectivity index (χ4v) is 2.92. The summed E-state index contributed by atoms with van der Waals surface area (Å²) in [6.45, 7) is 3.18. The molecule has 1 aliphatic rings. The number of nitrogens with zero attached hydrogens (tertiary/aromatic N) is 1. The highest BCUT2D eigenvalue weighted by Crippen LogP contribution is 2.28. The number of rotatable bonds is 3. The summed E-state index contributed by atoms with van der Waals surface area (Å²) >= 11 is 11.8. The number of benzene rings is 1. The molecule has 0 radical (unpaired) electrons. The number of anilines is 1. The maximum atomic E-state index is 12.2. The van der Waals surface area contributed by atoms with Gasteiger partial charge in [0.2, 0.25) is 0 Å². The van der Waals surface area contributed by atoms with E-state index in [1.54, 1.807) is 23.1 Å². The average molecular weight is 331 g/mol. The third-order valence-electron chi connectivity index (χ3n) is 3.87. The molecule has 0 unspecified atom stereocenters. The molecule has 4 nitrogen and oxygen atoms in total. The van der Waals surface area contributed by atoms with E-state index in [1.807, 2.05) is 0 Å². The van der Waals surface area contributed by atoms with Gasteiger partial charge in [0.15, 0.2) is 0 Å². The Bertz CT molecular complexity index is 514. The molecule has 2 N–H and O–H groups in total. The lowest BCUT2D eigenvalue weighted by molar-refractivity contribution is -0.0183. The Kier molecular flexibility index (Phi) is 5.36. The predicted molar refractivity (Wildman–Crippen MR) is 86.1 cm³/mol. The maximum absolute atomic E-state index is 12.2. The van der Waals surface area contributed by atoms with Gasteiger partial charge in [0.05, 0.1) is 15.6 Å². The molecule has 2 rings (SSSR count). The molecular weight excluding hydrogens is 311 g/mol. The first-order chi connectivity index (χ1) is 9.93. The van der Waals surface area contributed by atoms with Crippen molar-refractivity contribution in [1.29, 1.82) is 0 Å². The third-order valence-corrected chi connectivity index (χ3v) is 4.61. The summed E-state index contributed by atoms with van der Waals surface area (Å²) in [7, 11) is 0. The summed E-state index contributed by atoms with van der Waals surface area (Å²) in [5, 5.41) is 14.0. The fraction of sp³-hybridized carbons (Fsp3) is 0.533. The summed E-state index contributed by atoms with van der Waals surface area (Å²) < 4.78 is 0. The summed E-state index contributed by atoms with van der Waals surface area (Å²) in [6.07, 6.45) is 2.98. The quantitative estimate of drug-likeness (QED) is 0.874. The van der Waals surface area contributed by atoms with Crippen LogP contribution in [0.4, 0.5) is 10.5 Å². The number of urea groups is 1. The Hall–Kier alpha value is -0.970. The first kappa shape index (κ1) is 16.4. The van der Waals surface area contributed by atoms with Gasteiger partial charge < -0.3 is 15.3 Å². The largest absolute Gasteiger partial charge is 0.390 e. The van der Waals surface area contributed by atoms with Crippen molar-refractivity contribution in [2.75, 3.05) is 18.4 Å². The van der Waals surface area contributed by atoms with Gasteiger partial charge in [0.25, 0.3) is 0 Å². The number of carbonyl (C=O) groups is 1. The number of hydrogen-bond acceptors (Lipinski definition) is 2. The fourth-order valence-electron chi connectivity index (χ4n) is 2.62. The van der Waals surface area contributed by atoms with Gasteiger partial charge in [-0.3, -0.25) is 0 Å². The van der Waals surface area contributed by atoms with Crippen LogP contribution in [0.5, 0.6) is 0 Å². The normalized spacial score (nSPS) is 17.6. The molecule has 0 bridgehead atoms. The van der Waals surface area contributed by atoms with Gasteiger partial charge in [-0.15, -0.1) is 0 Å². The average Bonchev–Trinajstić information content (AvgIpc) is 2.43. The van der Waals surface area contributed by atoms with Gasteiger partial charge >= 0.3 is 6.03 Å². The van der Waals surface area contributed by atoms with Crippen LogP contribution >= 0.6 is 23.2 Å². The first-order valence-corrected chi connectivity index (χ1v) is 7.92. The van der Waals surface area contributed by atoms with Gasteiger partial charge in [0.1, 0.15) is 0 Å². The van der Waals surface area contributed by atoms with E-state index in [2.05, 4.69) is 12.2 Å². The Labute approximate surface area is 135 Å². The molecule has 1 aromatic carbocycles. The summed E-state index contributed by atoms with van der Waals surface area (Å²) in [4.78, 5) is 13.9. The molecule has 0 saturated carbocycles. The third kappa shape index (κ3) is 4.25. The smallest absolute Gasteiger partial charge is 0.321 e. The minimum Gasteiger partial charge on any atom is -0.390 e. The van der Waals surface area contributed by atoms with E-state index in [1.165, 1.54) is 0 Å². The zero-order valence-electron chi connectivity index (χ0n) is 12.0. The second kappa shape index (κ2) is 6.86. The van der Waals surface area contributed by atoms with Crippen molar-refractivity contribution >= 4 is 34.9 Å². The number of hydrogen-bond donors (Lipinski definition) is 2. The van der Waals surface area contributed by atoms with Gasteiger partial charge in [-0.2, -0.15) is 0 Å². The van der Waals surface area contributed by atoms with Crippen LogP contribution in [-0.4, -0.2) is 34.7 Å². The van der Waals surface area contributed by atoms with Gasteiger partial charge in [-0.25, -0.2) is 4.79 Å². The summed E-state index contributed by atoms with van der Waals surface area (Å²) in [6, 6.07) is 4.81. The van der Waals surface area contributed by atoms with Crippen LogP contribution < -0.4 is 5.32 Å². The number of piperidine rings is 1. The van der Waals surface area contributed by atoms with Crippen LogP contribution in [0.3, 0.4) is 0 Å². The molecule has 0 aliphatic carbocycles. The minimum atomic E-state index is -0.616. The molecule has 1 heterocycles. The highest BCUT2D eigenvalue weighted by molar-refractivity contribution is 6.42. The zero-order chi connectivity index (χ0) is 15.5. The van der Waals surface area contributed by atoms with Gasteiger partial charge in [-0.1, -0.05) is 36.5 Å². The topological polar surface area (TPSA) is 52.6 Å². The molecule has 1 saturated heterocycles. The van der Waals surface area contributed by atoms with Crippen molar-refractivity contribution in [2.45, 2.75) is 38.2 Å². The van der Waals surface area contributed by atoms with Crippen LogP contribution in [0, 0.1) is 0 Å². The second-order valence-electron chi connectivity index (χ2n) is 5.52. The number of aliphatic hydroxyl groups is 1. The molecule has 1 aliphatic heterocycles. The predicted octanol–water partition coefficient (Wildman–Crippen LogP) is 4.15. The van der Waals surface area contributed by atoms with E-state index in [0.29, 0.717) is 41.7 Å². The summed E-state index contributed by atoms with van der Waals surface area (Å²) in [5.41, 5.74) is -0.00134. The first-order valence-electron chi connectivity index (χ1n) is 7.17. The van der Waals surface area contributed by atoms with Crippen molar-refractivity contribution in [3.8, 4) is 0 Å². The van der Waals surface area contributed by atoms with Crippen LogP contribution in [0.25, 0.3) is 0 Å². The molecule has 0 spiro atoms. The van der Waals surface area contributed by atoms with E-state index in [4.69, 9.17) is 23.2 Å². The molecule has 0 aromatic heterocycles. The lowest BCUT2D eigenvalue weighted by Crippen LogP contribution is -2.47. The van der Waals surface area contributed by atoms with Crippen LogP contribution in [0.2, 0.25) is 10.0 Å². The van der Waals surface area contributed by atoms with Crippen LogP contribution in [0.15, 0.2) is 18.2 Å². The molecule has 116 valence electrons. The van der Waals surface area contributed by atoms with Gasteiger partial charge in [-0.05, 0) is 37.5 Å². The van der Waals surface area contributed by atoms with E-state index < -0.39 is 5.60 Å². The number of amides is 2. The zero-order valence-corrected chi connectivity index (χ0v) is 13.5. The number of nitrogens with one attached hydrogen (secondary N) is 1. The van der Waals surface area contributed by atoms with E-state index in [9.17, 15) is 9.90 Å². The van der Waals surface area contributed by atoms with Crippen LogP contribution in [-0.2, 0) is 0 Å². The highest BCUT2D eigenvalue weighted by Gasteiger charge is 2.32. The SMILES string of the molecule is CCCC1(O)CCN(C(=O)Nc2ccc(Cl)c(Cl)c2)CC1. The number of carbonyl (C=O) groups excluding carboxylic acids is 1. The van der Waals surface area contributed by atoms with Crippen molar-refractivity contribution in [3.05, 3.63) is 28.2 Å². The van der Waals surface area contributed by atoms with Gasteiger partial charge in [0, 0.05) is 18.8 Å². The second-order valence-corrected chi connectivity index (χ2v) is 6.33. The minimum absolute atomic E-state index is 0.174. The monoisotopic (exact) mass is 330 g/mol. The molecule has 2 amide bonds. The van der Waals surface area contributed by atoms with Crippen molar-refractivity contribution in [1.82, 2.24) is 4.90 Å². The number of likely N-dealkylation sites (tertiary alicyclic amines) is 1. The van der Waals surface area contributed by atoms with Crippen LogP contribution in [0.1, 0.15) is 32.6 Å².